The largest absolute Gasteiger partial charge is 0.480 e. The molecule has 5 nitrogen and oxygen atoms in total. The van der Waals surface area contributed by atoms with Gasteiger partial charge in [-0.2, -0.15) is 0 Å². The maximum Gasteiger partial charge on any atom is 0.263 e. The van der Waals surface area contributed by atoms with Crippen molar-refractivity contribution in [2.24, 2.45) is 0 Å². The first-order chi connectivity index (χ1) is 12.2. The van der Waals surface area contributed by atoms with Gasteiger partial charge in [-0.05, 0) is 36.6 Å². The number of hydrogen-bond donors (Lipinski definition) is 0. The van der Waals surface area contributed by atoms with Gasteiger partial charge in [-0.15, -0.1) is 0 Å². The molecule has 1 fully saturated rings. The number of hydrogen-bond acceptors (Lipinski definition) is 4. The molecule has 1 atom stereocenters. The summed E-state index contributed by atoms with van der Waals surface area (Å²) in [7, 11) is 0. The summed E-state index contributed by atoms with van der Waals surface area (Å²) in [6.45, 7) is 2.91. The summed E-state index contributed by atoms with van der Waals surface area (Å²) < 4.78 is 5.94. The molecule has 1 aromatic carbocycles. The lowest BCUT2D eigenvalue weighted by molar-refractivity contribution is -0.139. The van der Waals surface area contributed by atoms with Crippen molar-refractivity contribution in [2.75, 3.05) is 31.1 Å². The Morgan fingerprint density at radius 3 is 2.68 bits per heavy atom. The highest BCUT2D eigenvalue weighted by Gasteiger charge is 2.31. The lowest BCUT2D eigenvalue weighted by Crippen LogP contribution is -2.53. The Kier molecular flexibility index (Phi) is 4.49. The van der Waals surface area contributed by atoms with Crippen LogP contribution < -0.4 is 9.64 Å². The maximum absolute atomic E-state index is 12.8. The Labute approximate surface area is 152 Å². The summed E-state index contributed by atoms with van der Waals surface area (Å²) in [5.74, 6) is 1.84. The van der Waals surface area contributed by atoms with Gasteiger partial charge in [0.25, 0.3) is 5.91 Å². The predicted octanol–water partition coefficient (Wildman–Crippen LogP) is 2.78. The average molecular weight is 358 g/mol. The van der Waals surface area contributed by atoms with E-state index in [0.717, 1.165) is 37.5 Å². The first kappa shape index (κ1) is 16.2. The van der Waals surface area contributed by atoms with E-state index in [-0.39, 0.29) is 12.0 Å². The highest BCUT2D eigenvalue weighted by Crippen LogP contribution is 2.28. The van der Waals surface area contributed by atoms with Gasteiger partial charge in [0.15, 0.2) is 6.10 Å². The third-order valence-electron chi connectivity index (χ3n) is 4.82. The number of para-hydroxylation sites is 1. The number of carbonyl (C=O) groups is 1. The van der Waals surface area contributed by atoms with E-state index in [1.54, 1.807) is 6.20 Å². The molecule has 0 aliphatic carbocycles. The van der Waals surface area contributed by atoms with E-state index >= 15 is 0 Å². The fraction of sp³-hybridized carbons (Fsp3) is 0.368. The van der Waals surface area contributed by atoms with Gasteiger partial charge in [0, 0.05) is 32.4 Å². The average Bonchev–Trinajstić information content (AvgIpc) is 2.68. The molecule has 0 radical (unpaired) electrons. The first-order valence-corrected chi connectivity index (χ1v) is 8.98. The van der Waals surface area contributed by atoms with Crippen molar-refractivity contribution in [1.82, 2.24) is 9.88 Å². The third-order valence-corrected chi connectivity index (χ3v) is 5.04. The summed E-state index contributed by atoms with van der Waals surface area (Å²) in [6, 6.07) is 11.7. The molecule has 0 saturated carbocycles. The van der Waals surface area contributed by atoms with Crippen LogP contribution in [0.1, 0.15) is 12.0 Å². The van der Waals surface area contributed by atoms with Crippen LogP contribution in [0, 0.1) is 0 Å². The smallest absolute Gasteiger partial charge is 0.263 e. The van der Waals surface area contributed by atoms with Gasteiger partial charge >= 0.3 is 0 Å². The molecule has 0 bridgehead atoms. The summed E-state index contributed by atoms with van der Waals surface area (Å²) >= 11 is 5.89. The molecular weight excluding hydrogens is 338 g/mol. The molecular formula is C19H20ClN3O2. The number of benzene rings is 1. The van der Waals surface area contributed by atoms with E-state index in [0.29, 0.717) is 18.1 Å². The zero-order valence-corrected chi connectivity index (χ0v) is 14.7. The van der Waals surface area contributed by atoms with E-state index in [1.807, 2.05) is 35.2 Å². The van der Waals surface area contributed by atoms with Crippen molar-refractivity contribution in [3.8, 4) is 5.75 Å². The van der Waals surface area contributed by atoms with Crippen LogP contribution in [0.5, 0.6) is 5.75 Å². The number of pyridine rings is 1. The Hall–Kier alpha value is -2.27. The topological polar surface area (TPSA) is 45.7 Å². The van der Waals surface area contributed by atoms with Gasteiger partial charge in [0.2, 0.25) is 0 Å². The molecule has 0 N–H and O–H groups in total. The van der Waals surface area contributed by atoms with Crippen LogP contribution in [0.15, 0.2) is 42.6 Å². The number of aromatic nitrogens is 1. The molecule has 3 heterocycles. The lowest BCUT2D eigenvalue weighted by Gasteiger charge is -2.37. The van der Waals surface area contributed by atoms with Crippen LogP contribution in [0.25, 0.3) is 0 Å². The molecule has 0 spiro atoms. The number of nitrogens with zero attached hydrogens (tertiary/aromatic N) is 3. The maximum atomic E-state index is 12.8. The van der Waals surface area contributed by atoms with Gasteiger partial charge in [-0.25, -0.2) is 4.98 Å². The van der Waals surface area contributed by atoms with Crippen LogP contribution in [0.3, 0.4) is 0 Å². The van der Waals surface area contributed by atoms with Gasteiger partial charge in [0.1, 0.15) is 11.6 Å². The molecule has 2 aromatic rings. The minimum absolute atomic E-state index is 0.0956. The molecule has 1 aromatic heterocycles. The van der Waals surface area contributed by atoms with Crippen LogP contribution in [-0.4, -0.2) is 48.1 Å². The monoisotopic (exact) mass is 357 g/mol. The van der Waals surface area contributed by atoms with Crippen molar-refractivity contribution in [3.63, 3.8) is 0 Å². The fourth-order valence-corrected chi connectivity index (χ4v) is 3.52. The Bertz CT molecular complexity index is 758. The number of ether oxygens (including phenoxy) is 1. The van der Waals surface area contributed by atoms with E-state index in [2.05, 4.69) is 16.0 Å². The number of fused-ring (bicyclic) bond motifs is 1. The van der Waals surface area contributed by atoms with E-state index in [4.69, 9.17) is 16.3 Å². The number of carbonyl (C=O) groups excluding carboxylic acids is 1. The molecule has 4 rings (SSSR count). The van der Waals surface area contributed by atoms with Gasteiger partial charge in [-0.1, -0.05) is 29.8 Å². The van der Waals surface area contributed by atoms with Crippen LogP contribution in [0.2, 0.25) is 5.02 Å². The zero-order chi connectivity index (χ0) is 17.2. The van der Waals surface area contributed by atoms with Gasteiger partial charge in [0.05, 0.1) is 5.02 Å². The van der Waals surface area contributed by atoms with Crippen molar-refractivity contribution in [1.29, 1.82) is 0 Å². The second-order valence-corrected chi connectivity index (χ2v) is 6.84. The fourth-order valence-electron chi connectivity index (χ4n) is 3.41. The number of rotatable bonds is 2. The number of halogens is 1. The summed E-state index contributed by atoms with van der Waals surface area (Å²) in [4.78, 5) is 21.2. The van der Waals surface area contributed by atoms with Crippen molar-refractivity contribution in [2.45, 2.75) is 18.9 Å². The molecule has 2 aliphatic heterocycles. The predicted molar refractivity (Wildman–Crippen MR) is 97.2 cm³/mol. The summed E-state index contributed by atoms with van der Waals surface area (Å²) in [5, 5.41) is 0.632. The number of amides is 1. The second kappa shape index (κ2) is 6.92. The highest BCUT2D eigenvalue weighted by atomic mass is 35.5. The molecule has 6 heteroatoms. The third kappa shape index (κ3) is 3.42. The highest BCUT2D eigenvalue weighted by molar-refractivity contribution is 6.30. The van der Waals surface area contributed by atoms with Crippen molar-refractivity contribution >= 4 is 23.3 Å². The SMILES string of the molecule is O=C(C1CCc2ccccc2O1)N1CCN(c2ccc(Cl)cn2)CC1. The molecule has 130 valence electrons. The van der Waals surface area contributed by atoms with Crippen LogP contribution >= 0.6 is 11.6 Å². The summed E-state index contributed by atoms with van der Waals surface area (Å²) in [6.07, 6.45) is 2.92. The van der Waals surface area contributed by atoms with E-state index in [1.165, 1.54) is 5.56 Å². The Morgan fingerprint density at radius 1 is 1.12 bits per heavy atom. The number of anilines is 1. The molecule has 25 heavy (non-hydrogen) atoms. The summed E-state index contributed by atoms with van der Waals surface area (Å²) in [5.41, 5.74) is 1.19. The molecule has 1 amide bonds. The van der Waals surface area contributed by atoms with Crippen molar-refractivity contribution in [3.05, 3.63) is 53.2 Å². The normalized spacial score (nSPS) is 20.0. The van der Waals surface area contributed by atoms with E-state index < -0.39 is 0 Å². The zero-order valence-electron chi connectivity index (χ0n) is 13.9. The minimum Gasteiger partial charge on any atom is -0.480 e. The molecule has 1 unspecified atom stereocenters. The van der Waals surface area contributed by atoms with Gasteiger partial charge in [-0.3, -0.25) is 4.79 Å². The van der Waals surface area contributed by atoms with Gasteiger partial charge < -0.3 is 14.5 Å². The lowest BCUT2D eigenvalue weighted by atomic mass is 10.0. The standard InChI is InChI=1S/C19H20ClN3O2/c20-15-6-8-18(21-13-15)22-9-11-23(12-10-22)19(24)17-7-5-14-3-1-2-4-16(14)25-17/h1-4,6,8,13,17H,5,7,9-12H2. The van der Waals surface area contributed by atoms with Crippen LogP contribution in [0.4, 0.5) is 5.82 Å². The quantitative estimate of drug-likeness (QED) is 0.829. The minimum atomic E-state index is -0.366. The Balaban J connectivity index is 1.36. The number of piperazine rings is 1. The second-order valence-electron chi connectivity index (χ2n) is 6.40. The molecule has 1 saturated heterocycles. The number of aryl methyl sites for hydroxylation is 1. The van der Waals surface area contributed by atoms with Crippen molar-refractivity contribution < 1.29 is 9.53 Å². The van der Waals surface area contributed by atoms with Crippen LogP contribution in [-0.2, 0) is 11.2 Å². The Morgan fingerprint density at radius 2 is 1.92 bits per heavy atom. The van der Waals surface area contributed by atoms with E-state index in [9.17, 15) is 4.79 Å². The molecule has 2 aliphatic rings. The first-order valence-electron chi connectivity index (χ1n) is 8.60.